The predicted molar refractivity (Wildman–Crippen MR) is 96.0 cm³/mol. The Balaban J connectivity index is 1.53. The molecular weight excluding hydrogens is 338 g/mol. The molecule has 7 nitrogen and oxygen atoms in total. The Kier molecular flexibility index (Phi) is 5.80. The van der Waals surface area contributed by atoms with E-state index in [9.17, 15) is 9.59 Å². The summed E-state index contributed by atoms with van der Waals surface area (Å²) in [5.41, 5.74) is 0. The molecule has 3 rings (SSSR count). The summed E-state index contributed by atoms with van der Waals surface area (Å²) >= 11 is 1.63. The quantitative estimate of drug-likeness (QED) is 0.728. The Bertz CT molecular complexity index is 647. The molecule has 2 saturated heterocycles. The zero-order valence-electron chi connectivity index (χ0n) is 14.7. The Labute approximate surface area is 152 Å². The number of hydrogen-bond acceptors (Lipinski definition) is 6. The second-order valence-corrected chi connectivity index (χ2v) is 7.92. The Morgan fingerprint density at radius 3 is 2.88 bits per heavy atom. The molecule has 2 amide bonds. The Morgan fingerprint density at radius 2 is 2.16 bits per heavy atom. The van der Waals surface area contributed by atoms with Gasteiger partial charge in [0.1, 0.15) is 10.0 Å². The first-order valence-electron chi connectivity index (χ1n) is 8.75. The number of likely N-dealkylation sites (tertiary alicyclic amines) is 1. The third-order valence-electron chi connectivity index (χ3n) is 4.74. The molecule has 1 aromatic rings. The molecule has 8 heteroatoms. The summed E-state index contributed by atoms with van der Waals surface area (Å²) < 4.78 is 0. The predicted octanol–water partition coefficient (Wildman–Crippen LogP) is 0.915. The van der Waals surface area contributed by atoms with Crippen molar-refractivity contribution in [3.05, 3.63) is 22.7 Å². The van der Waals surface area contributed by atoms with E-state index < -0.39 is 0 Å². The average molecular weight is 363 g/mol. The molecule has 0 bridgehead atoms. The maximum absolute atomic E-state index is 12.8. The number of amides is 2. The number of carbonyl (C=O) groups is 2. The first-order valence-corrected chi connectivity index (χ1v) is 9.57. The van der Waals surface area contributed by atoms with Crippen LogP contribution in [0.4, 0.5) is 0 Å². The molecule has 25 heavy (non-hydrogen) atoms. The maximum atomic E-state index is 12.8. The molecule has 0 saturated carbocycles. The molecule has 1 atom stereocenters. The van der Waals surface area contributed by atoms with Crippen LogP contribution in [0.2, 0.25) is 0 Å². The van der Waals surface area contributed by atoms with Crippen molar-refractivity contribution in [1.29, 1.82) is 0 Å². The van der Waals surface area contributed by atoms with Crippen molar-refractivity contribution in [2.45, 2.75) is 26.3 Å². The van der Waals surface area contributed by atoms with Crippen LogP contribution >= 0.6 is 11.3 Å². The molecule has 0 N–H and O–H groups in total. The normalized spacial score (nSPS) is 22.3. The lowest BCUT2D eigenvalue weighted by molar-refractivity contribution is -0.135. The van der Waals surface area contributed by atoms with Gasteiger partial charge in [0.2, 0.25) is 11.8 Å². The first-order chi connectivity index (χ1) is 12.1. The van der Waals surface area contributed by atoms with Crippen LogP contribution in [-0.4, -0.2) is 76.0 Å². The summed E-state index contributed by atoms with van der Waals surface area (Å²) in [5, 5.41) is 10.3. The second-order valence-electron chi connectivity index (χ2n) is 6.66. The van der Waals surface area contributed by atoms with Crippen molar-refractivity contribution >= 4 is 23.2 Å². The highest BCUT2D eigenvalue weighted by molar-refractivity contribution is 7.11. The van der Waals surface area contributed by atoms with E-state index in [-0.39, 0.29) is 17.7 Å². The van der Waals surface area contributed by atoms with Crippen LogP contribution < -0.4 is 0 Å². The van der Waals surface area contributed by atoms with E-state index in [0.717, 1.165) is 42.6 Å². The van der Waals surface area contributed by atoms with Gasteiger partial charge >= 0.3 is 0 Å². The van der Waals surface area contributed by atoms with Crippen LogP contribution in [0.1, 0.15) is 22.9 Å². The topological polar surface area (TPSA) is 69.6 Å². The lowest BCUT2D eigenvalue weighted by atomic mass is 10.1. The molecule has 0 aromatic carbocycles. The van der Waals surface area contributed by atoms with E-state index in [1.807, 2.05) is 11.8 Å². The first kappa shape index (κ1) is 18.0. The van der Waals surface area contributed by atoms with Crippen molar-refractivity contribution in [2.24, 2.45) is 5.92 Å². The number of carbonyl (C=O) groups excluding carboxylic acids is 2. The molecular formula is C17H25N5O2S. The molecule has 0 radical (unpaired) electrons. The van der Waals surface area contributed by atoms with Gasteiger partial charge in [-0.25, -0.2) is 0 Å². The number of aromatic nitrogens is 2. The fourth-order valence-corrected chi connectivity index (χ4v) is 4.22. The summed E-state index contributed by atoms with van der Waals surface area (Å²) in [6.45, 7) is 10.7. The monoisotopic (exact) mass is 363 g/mol. The minimum Gasteiger partial charge on any atom is -0.341 e. The second kappa shape index (κ2) is 8.05. The van der Waals surface area contributed by atoms with Gasteiger partial charge in [-0.1, -0.05) is 6.08 Å². The molecule has 2 aliphatic rings. The minimum absolute atomic E-state index is 0.0568. The van der Waals surface area contributed by atoms with Gasteiger partial charge in [0.15, 0.2) is 0 Å². The number of hydrogen-bond donors (Lipinski definition) is 0. The van der Waals surface area contributed by atoms with Gasteiger partial charge in [0.25, 0.3) is 0 Å². The van der Waals surface area contributed by atoms with Crippen molar-refractivity contribution in [1.82, 2.24) is 24.9 Å². The number of rotatable bonds is 5. The largest absolute Gasteiger partial charge is 0.341 e. The summed E-state index contributed by atoms with van der Waals surface area (Å²) in [4.78, 5) is 30.8. The van der Waals surface area contributed by atoms with Gasteiger partial charge < -0.3 is 9.80 Å². The van der Waals surface area contributed by atoms with Gasteiger partial charge in [0.05, 0.1) is 12.5 Å². The molecule has 3 heterocycles. The highest BCUT2D eigenvalue weighted by Gasteiger charge is 2.36. The van der Waals surface area contributed by atoms with E-state index in [1.165, 1.54) is 0 Å². The third-order valence-corrected chi connectivity index (χ3v) is 5.56. The molecule has 2 fully saturated rings. The van der Waals surface area contributed by atoms with Crippen molar-refractivity contribution in [3.8, 4) is 0 Å². The number of aryl methyl sites for hydroxylation is 1. The van der Waals surface area contributed by atoms with Crippen LogP contribution in [0.3, 0.4) is 0 Å². The Morgan fingerprint density at radius 1 is 1.32 bits per heavy atom. The average Bonchev–Trinajstić information content (AvgIpc) is 3.07. The van der Waals surface area contributed by atoms with E-state index in [1.54, 1.807) is 22.3 Å². The highest BCUT2D eigenvalue weighted by Crippen LogP contribution is 2.21. The highest BCUT2D eigenvalue weighted by atomic mass is 32.1. The van der Waals surface area contributed by atoms with Crippen molar-refractivity contribution < 1.29 is 9.59 Å². The summed E-state index contributed by atoms with van der Waals surface area (Å²) in [6, 6.07) is 0. The summed E-state index contributed by atoms with van der Waals surface area (Å²) in [5.74, 6) is -0.0281. The summed E-state index contributed by atoms with van der Waals surface area (Å²) in [6.07, 6.45) is 2.99. The van der Waals surface area contributed by atoms with E-state index in [2.05, 4.69) is 21.7 Å². The maximum Gasteiger partial charge on any atom is 0.228 e. The molecule has 1 aromatic heterocycles. The van der Waals surface area contributed by atoms with E-state index in [0.29, 0.717) is 26.1 Å². The lowest BCUT2D eigenvalue weighted by Crippen LogP contribution is -2.39. The van der Waals surface area contributed by atoms with Crippen LogP contribution in [0.5, 0.6) is 0 Å². The molecule has 136 valence electrons. The molecule has 1 unspecified atom stereocenters. The third kappa shape index (κ3) is 4.43. The fourth-order valence-electron chi connectivity index (χ4n) is 3.47. The van der Waals surface area contributed by atoms with Crippen molar-refractivity contribution in [3.63, 3.8) is 0 Å². The van der Waals surface area contributed by atoms with Gasteiger partial charge in [-0.3, -0.25) is 14.5 Å². The SMILES string of the molecule is C=CCN1CC(C(=O)N2CCCN(Cc3nnc(C)s3)CC2)CC1=O. The molecule has 2 aliphatic heterocycles. The van der Waals surface area contributed by atoms with Gasteiger partial charge in [-0.15, -0.1) is 28.1 Å². The number of nitrogens with zero attached hydrogens (tertiary/aromatic N) is 5. The van der Waals surface area contributed by atoms with Crippen LogP contribution in [0.25, 0.3) is 0 Å². The fraction of sp³-hybridized carbons (Fsp3) is 0.647. The van der Waals surface area contributed by atoms with Gasteiger partial charge in [0, 0.05) is 45.7 Å². The van der Waals surface area contributed by atoms with Crippen molar-refractivity contribution in [2.75, 3.05) is 39.3 Å². The van der Waals surface area contributed by atoms with E-state index >= 15 is 0 Å². The Hall–Kier alpha value is -1.80. The van der Waals surface area contributed by atoms with Crippen LogP contribution in [0, 0.1) is 12.8 Å². The zero-order chi connectivity index (χ0) is 17.8. The van der Waals surface area contributed by atoms with Gasteiger partial charge in [-0.05, 0) is 13.3 Å². The van der Waals surface area contributed by atoms with Crippen LogP contribution in [-0.2, 0) is 16.1 Å². The standard InChI is InChI=1S/C17H25N5O2S/c1-3-5-22-11-14(10-16(22)23)17(24)21-7-4-6-20(8-9-21)12-15-19-18-13(2)25-15/h3,14H,1,4-12H2,2H3. The smallest absolute Gasteiger partial charge is 0.228 e. The summed E-state index contributed by atoms with van der Waals surface area (Å²) in [7, 11) is 0. The lowest BCUT2D eigenvalue weighted by Gasteiger charge is -2.24. The van der Waals surface area contributed by atoms with Gasteiger partial charge in [-0.2, -0.15) is 0 Å². The van der Waals surface area contributed by atoms with E-state index in [4.69, 9.17) is 0 Å². The minimum atomic E-state index is -0.204. The molecule has 0 spiro atoms. The van der Waals surface area contributed by atoms with Crippen LogP contribution in [0.15, 0.2) is 12.7 Å². The molecule has 0 aliphatic carbocycles. The zero-order valence-corrected chi connectivity index (χ0v) is 15.5.